The highest BCUT2D eigenvalue weighted by molar-refractivity contribution is 5.97. The normalized spacial score (nSPS) is 16.4. The first-order chi connectivity index (χ1) is 14.0. The number of hydrogen-bond donors (Lipinski definition) is 2. The number of rotatable bonds is 6. The number of amides is 2. The summed E-state index contributed by atoms with van der Waals surface area (Å²) in [4.78, 5) is 29.7. The van der Waals surface area contributed by atoms with Crippen LogP contribution in [0.25, 0.3) is 10.9 Å². The monoisotopic (exact) mass is 395 g/mol. The third kappa shape index (κ3) is 4.08. The summed E-state index contributed by atoms with van der Waals surface area (Å²) in [5.74, 6) is -0.163. The highest BCUT2D eigenvalue weighted by Crippen LogP contribution is 2.24. The van der Waals surface area contributed by atoms with E-state index in [4.69, 9.17) is 4.74 Å². The number of methoxy groups -OCH3 is 1. The number of likely N-dealkylation sites (tertiary alicyclic amines) is 1. The van der Waals surface area contributed by atoms with E-state index in [0.29, 0.717) is 30.9 Å². The number of ether oxygens (including phenoxy) is 1. The molecule has 0 aliphatic carbocycles. The number of benzene rings is 2. The Kier molecular flexibility index (Phi) is 5.20. The largest absolute Gasteiger partial charge is 0.497 e. The van der Waals surface area contributed by atoms with E-state index < -0.39 is 0 Å². The Hall–Kier alpha value is -3.35. The number of aromatic nitrogens is 1. The molecule has 0 unspecified atom stereocenters. The van der Waals surface area contributed by atoms with Crippen molar-refractivity contribution in [3.05, 3.63) is 60.0 Å². The zero-order chi connectivity index (χ0) is 20.4. The summed E-state index contributed by atoms with van der Waals surface area (Å²) in [6.45, 7) is 0.881. The molecule has 4 rings (SSSR count). The van der Waals surface area contributed by atoms with Gasteiger partial charge in [0.15, 0.2) is 0 Å². The second-order valence-corrected chi connectivity index (χ2v) is 7.21. The number of carbonyl (C=O) groups excluding carboxylic acids is 2. The molecule has 2 aromatic carbocycles. The maximum absolute atomic E-state index is 13.5. The van der Waals surface area contributed by atoms with E-state index in [1.165, 1.54) is 12.1 Å². The topological polar surface area (TPSA) is 74.4 Å². The van der Waals surface area contributed by atoms with Gasteiger partial charge in [-0.2, -0.15) is 0 Å². The number of fused-ring (bicyclic) bond motifs is 1. The van der Waals surface area contributed by atoms with E-state index >= 15 is 0 Å². The first-order valence-corrected chi connectivity index (χ1v) is 9.51. The Morgan fingerprint density at radius 2 is 2.07 bits per heavy atom. The van der Waals surface area contributed by atoms with Crippen LogP contribution >= 0.6 is 0 Å². The maximum atomic E-state index is 13.5. The van der Waals surface area contributed by atoms with E-state index in [1.54, 1.807) is 42.3 Å². The number of nitrogens with one attached hydrogen (secondary N) is 2. The number of hydrogen-bond acceptors (Lipinski definition) is 3. The van der Waals surface area contributed by atoms with Crippen molar-refractivity contribution in [3.8, 4) is 5.75 Å². The van der Waals surface area contributed by atoms with Gasteiger partial charge in [-0.1, -0.05) is 0 Å². The molecule has 1 atom stereocenters. The number of anilines is 1. The summed E-state index contributed by atoms with van der Waals surface area (Å²) in [5, 5.41) is 3.68. The second-order valence-electron chi connectivity index (χ2n) is 7.21. The molecule has 2 amide bonds. The van der Waals surface area contributed by atoms with Gasteiger partial charge in [0.25, 0.3) is 0 Å². The number of aromatic amines is 1. The molecule has 1 aliphatic heterocycles. The Morgan fingerprint density at radius 3 is 2.83 bits per heavy atom. The summed E-state index contributed by atoms with van der Waals surface area (Å²) >= 11 is 0. The average molecular weight is 395 g/mol. The molecule has 7 heteroatoms. The van der Waals surface area contributed by atoms with Crippen LogP contribution in [0.4, 0.5) is 10.1 Å². The third-order valence-corrected chi connectivity index (χ3v) is 5.32. The van der Waals surface area contributed by atoms with Crippen molar-refractivity contribution >= 4 is 28.4 Å². The highest BCUT2D eigenvalue weighted by Gasteiger charge is 2.34. The molecule has 0 saturated carbocycles. The molecule has 0 bridgehead atoms. The van der Waals surface area contributed by atoms with Crippen LogP contribution < -0.4 is 10.1 Å². The fraction of sp³-hybridized carbons (Fsp3) is 0.273. The van der Waals surface area contributed by atoms with Gasteiger partial charge in [0.2, 0.25) is 11.8 Å². The van der Waals surface area contributed by atoms with Crippen LogP contribution in [0, 0.1) is 11.7 Å². The quantitative estimate of drug-likeness (QED) is 0.672. The number of carbonyl (C=O) groups is 2. The standard InChI is InChI=1S/C22H22FN3O3/c1-29-18-5-3-17(4-6-18)25-22(28)15-10-21(27)26(13-15)9-8-14-12-24-20-7-2-16(23)11-19(14)20/h2-7,11-12,15,24H,8-10,13H2,1H3,(H,25,28)/t15-/m1/s1. The molecule has 150 valence electrons. The van der Waals surface area contributed by atoms with Crippen LogP contribution in [-0.4, -0.2) is 41.9 Å². The minimum atomic E-state index is -0.384. The van der Waals surface area contributed by atoms with Crippen molar-refractivity contribution in [2.24, 2.45) is 5.92 Å². The Bertz CT molecular complexity index is 1050. The van der Waals surface area contributed by atoms with Crippen LogP contribution in [-0.2, 0) is 16.0 Å². The van der Waals surface area contributed by atoms with Gasteiger partial charge < -0.3 is 19.9 Å². The van der Waals surface area contributed by atoms with Gasteiger partial charge in [-0.15, -0.1) is 0 Å². The molecule has 1 fully saturated rings. The minimum Gasteiger partial charge on any atom is -0.497 e. The molecule has 3 aromatic rings. The van der Waals surface area contributed by atoms with Gasteiger partial charge in [0, 0.05) is 42.3 Å². The van der Waals surface area contributed by atoms with Crippen LogP contribution in [0.2, 0.25) is 0 Å². The zero-order valence-corrected chi connectivity index (χ0v) is 16.1. The minimum absolute atomic E-state index is 0.0362. The zero-order valence-electron chi connectivity index (χ0n) is 16.1. The Morgan fingerprint density at radius 1 is 1.28 bits per heavy atom. The highest BCUT2D eigenvalue weighted by atomic mass is 19.1. The van der Waals surface area contributed by atoms with E-state index in [0.717, 1.165) is 16.5 Å². The van der Waals surface area contributed by atoms with Gasteiger partial charge in [0.05, 0.1) is 13.0 Å². The molecule has 6 nitrogen and oxygen atoms in total. The van der Waals surface area contributed by atoms with E-state index in [1.807, 2.05) is 6.20 Å². The van der Waals surface area contributed by atoms with Crippen molar-refractivity contribution in [3.63, 3.8) is 0 Å². The van der Waals surface area contributed by atoms with Crippen molar-refractivity contribution in [2.45, 2.75) is 12.8 Å². The van der Waals surface area contributed by atoms with Gasteiger partial charge in [-0.3, -0.25) is 9.59 Å². The first kappa shape index (κ1) is 19.0. The third-order valence-electron chi connectivity index (χ3n) is 5.32. The van der Waals surface area contributed by atoms with Gasteiger partial charge in [-0.25, -0.2) is 4.39 Å². The number of H-pyrrole nitrogens is 1. The van der Waals surface area contributed by atoms with Gasteiger partial charge in [-0.05, 0) is 54.4 Å². The smallest absolute Gasteiger partial charge is 0.229 e. The molecular formula is C22H22FN3O3. The number of halogens is 1. The van der Waals surface area contributed by atoms with Crippen molar-refractivity contribution in [2.75, 3.05) is 25.5 Å². The summed E-state index contributed by atoms with van der Waals surface area (Å²) in [6, 6.07) is 11.7. The van der Waals surface area contributed by atoms with Crippen molar-refractivity contribution in [1.82, 2.24) is 9.88 Å². The second kappa shape index (κ2) is 7.95. The van der Waals surface area contributed by atoms with Crippen LogP contribution in [0.3, 0.4) is 0 Å². The van der Waals surface area contributed by atoms with Crippen molar-refractivity contribution in [1.29, 1.82) is 0 Å². The SMILES string of the molecule is COc1ccc(NC(=O)[C@@H]2CC(=O)N(CCc3c[nH]c4ccc(F)cc34)C2)cc1. The molecular weight excluding hydrogens is 373 g/mol. The maximum Gasteiger partial charge on any atom is 0.229 e. The molecule has 1 saturated heterocycles. The van der Waals surface area contributed by atoms with E-state index in [2.05, 4.69) is 10.3 Å². The Labute approximate surface area is 167 Å². The fourth-order valence-corrected chi connectivity index (χ4v) is 3.70. The van der Waals surface area contributed by atoms with Crippen LogP contribution in [0.5, 0.6) is 5.75 Å². The summed E-state index contributed by atoms with van der Waals surface area (Å²) in [5.41, 5.74) is 2.49. The lowest BCUT2D eigenvalue weighted by Gasteiger charge is -2.16. The Balaban J connectivity index is 1.35. The van der Waals surface area contributed by atoms with Gasteiger partial charge >= 0.3 is 0 Å². The average Bonchev–Trinajstić information content (AvgIpc) is 3.30. The molecule has 1 aliphatic rings. The predicted molar refractivity (Wildman–Crippen MR) is 108 cm³/mol. The summed E-state index contributed by atoms with van der Waals surface area (Å²) in [7, 11) is 1.58. The number of nitrogens with zero attached hydrogens (tertiary/aromatic N) is 1. The lowest BCUT2D eigenvalue weighted by molar-refractivity contribution is -0.128. The first-order valence-electron chi connectivity index (χ1n) is 9.51. The molecule has 1 aromatic heterocycles. The van der Waals surface area contributed by atoms with E-state index in [9.17, 15) is 14.0 Å². The van der Waals surface area contributed by atoms with Crippen LogP contribution in [0.1, 0.15) is 12.0 Å². The molecule has 2 N–H and O–H groups in total. The fourth-order valence-electron chi connectivity index (χ4n) is 3.70. The molecule has 29 heavy (non-hydrogen) atoms. The predicted octanol–water partition coefficient (Wildman–Crippen LogP) is 3.35. The van der Waals surface area contributed by atoms with Crippen molar-refractivity contribution < 1.29 is 18.7 Å². The van der Waals surface area contributed by atoms with Crippen LogP contribution in [0.15, 0.2) is 48.7 Å². The molecule has 0 radical (unpaired) electrons. The lowest BCUT2D eigenvalue weighted by Crippen LogP contribution is -2.30. The summed E-state index contributed by atoms with van der Waals surface area (Å²) in [6.07, 6.45) is 2.64. The lowest BCUT2D eigenvalue weighted by atomic mass is 10.1. The van der Waals surface area contributed by atoms with E-state index in [-0.39, 0.29) is 30.0 Å². The molecule has 2 heterocycles. The molecule has 0 spiro atoms. The van der Waals surface area contributed by atoms with Gasteiger partial charge in [0.1, 0.15) is 11.6 Å². The summed E-state index contributed by atoms with van der Waals surface area (Å²) < 4.78 is 18.6.